The van der Waals surface area contributed by atoms with Gasteiger partial charge in [-0.25, -0.2) is 4.98 Å². The van der Waals surface area contributed by atoms with Crippen LogP contribution in [0.3, 0.4) is 0 Å². The first-order chi connectivity index (χ1) is 10.8. The molecule has 3 nitrogen and oxygen atoms in total. The summed E-state index contributed by atoms with van der Waals surface area (Å²) in [7, 11) is 0. The van der Waals surface area contributed by atoms with E-state index in [1.54, 1.807) is 6.20 Å². The SMILES string of the molecule is CC1=Cc2nc(-c3ccccc3)n(-c3cccnc3)c2CC1. The number of benzene rings is 1. The van der Waals surface area contributed by atoms with Gasteiger partial charge in [-0.05, 0) is 38.0 Å². The zero-order chi connectivity index (χ0) is 14.9. The van der Waals surface area contributed by atoms with Crippen LogP contribution in [0.25, 0.3) is 23.2 Å². The Morgan fingerprint density at radius 1 is 1.00 bits per heavy atom. The van der Waals surface area contributed by atoms with Gasteiger partial charge in [-0.3, -0.25) is 9.55 Å². The van der Waals surface area contributed by atoms with Crippen LogP contribution in [0, 0.1) is 0 Å². The minimum Gasteiger partial charge on any atom is -0.295 e. The summed E-state index contributed by atoms with van der Waals surface area (Å²) in [5.74, 6) is 0.990. The van der Waals surface area contributed by atoms with Gasteiger partial charge in [0.1, 0.15) is 5.82 Å². The highest BCUT2D eigenvalue weighted by molar-refractivity contribution is 5.66. The molecule has 3 aromatic rings. The fourth-order valence-corrected chi connectivity index (χ4v) is 2.99. The molecule has 0 saturated heterocycles. The average molecular weight is 287 g/mol. The molecule has 1 aliphatic carbocycles. The Bertz CT molecular complexity index is 830. The van der Waals surface area contributed by atoms with Crippen LogP contribution in [0.2, 0.25) is 0 Å². The van der Waals surface area contributed by atoms with Crippen molar-refractivity contribution in [1.29, 1.82) is 0 Å². The zero-order valence-electron chi connectivity index (χ0n) is 12.5. The molecule has 0 radical (unpaired) electrons. The molecule has 2 aromatic heterocycles. The first-order valence-corrected chi connectivity index (χ1v) is 7.57. The van der Waals surface area contributed by atoms with Crippen LogP contribution in [0.1, 0.15) is 24.7 Å². The summed E-state index contributed by atoms with van der Waals surface area (Å²) in [5.41, 5.74) is 5.96. The van der Waals surface area contributed by atoms with Crippen molar-refractivity contribution in [2.75, 3.05) is 0 Å². The Morgan fingerprint density at radius 2 is 1.86 bits per heavy atom. The number of rotatable bonds is 2. The molecule has 0 amide bonds. The molecule has 0 aliphatic heterocycles. The van der Waals surface area contributed by atoms with Crippen molar-refractivity contribution in [2.45, 2.75) is 19.8 Å². The lowest BCUT2D eigenvalue weighted by atomic mass is 10.0. The molecule has 0 fully saturated rings. The van der Waals surface area contributed by atoms with Crippen molar-refractivity contribution in [2.24, 2.45) is 0 Å². The number of pyridine rings is 1. The lowest BCUT2D eigenvalue weighted by Crippen LogP contribution is -2.06. The maximum absolute atomic E-state index is 4.91. The van der Waals surface area contributed by atoms with Gasteiger partial charge < -0.3 is 0 Å². The van der Waals surface area contributed by atoms with Crippen molar-refractivity contribution >= 4 is 6.08 Å². The first kappa shape index (κ1) is 13.0. The highest BCUT2D eigenvalue weighted by Gasteiger charge is 2.20. The quantitative estimate of drug-likeness (QED) is 0.704. The molecule has 0 saturated carbocycles. The van der Waals surface area contributed by atoms with E-state index >= 15 is 0 Å². The first-order valence-electron chi connectivity index (χ1n) is 7.57. The predicted molar refractivity (Wildman–Crippen MR) is 88.8 cm³/mol. The molecule has 0 N–H and O–H groups in total. The maximum atomic E-state index is 4.91. The molecule has 3 heteroatoms. The summed E-state index contributed by atoms with van der Waals surface area (Å²) >= 11 is 0. The van der Waals surface area contributed by atoms with Crippen LogP contribution >= 0.6 is 0 Å². The standard InChI is InChI=1S/C19H17N3/c1-14-9-10-18-17(12-14)21-19(15-6-3-2-4-7-15)22(18)16-8-5-11-20-13-16/h2-8,11-13H,9-10H2,1H3. The molecule has 1 aliphatic rings. The molecule has 0 atom stereocenters. The molecule has 108 valence electrons. The van der Waals surface area contributed by atoms with Gasteiger partial charge in [0.2, 0.25) is 0 Å². The summed E-state index contributed by atoms with van der Waals surface area (Å²) in [6.07, 6.45) is 8.02. The highest BCUT2D eigenvalue weighted by Crippen LogP contribution is 2.31. The molecule has 0 spiro atoms. The van der Waals surface area contributed by atoms with Crippen molar-refractivity contribution in [3.05, 3.63) is 71.8 Å². The molecule has 0 unspecified atom stereocenters. The Morgan fingerprint density at radius 3 is 2.64 bits per heavy atom. The number of hydrogen-bond acceptors (Lipinski definition) is 2. The van der Waals surface area contributed by atoms with E-state index in [1.807, 2.05) is 18.3 Å². The second kappa shape index (κ2) is 5.26. The highest BCUT2D eigenvalue weighted by atomic mass is 15.1. The van der Waals surface area contributed by atoms with Gasteiger partial charge in [0.15, 0.2) is 0 Å². The minimum atomic E-state index is 0.990. The third-order valence-corrected chi connectivity index (χ3v) is 4.08. The topological polar surface area (TPSA) is 30.7 Å². The second-order valence-electron chi connectivity index (χ2n) is 5.67. The fraction of sp³-hybridized carbons (Fsp3) is 0.158. The third-order valence-electron chi connectivity index (χ3n) is 4.08. The number of allylic oxidation sites excluding steroid dienone is 1. The largest absolute Gasteiger partial charge is 0.295 e. The number of hydrogen-bond donors (Lipinski definition) is 0. The maximum Gasteiger partial charge on any atom is 0.145 e. The van der Waals surface area contributed by atoms with E-state index in [9.17, 15) is 0 Å². The number of imidazole rings is 1. The van der Waals surface area contributed by atoms with E-state index in [2.05, 4.69) is 52.9 Å². The minimum absolute atomic E-state index is 0.990. The van der Waals surface area contributed by atoms with Crippen molar-refractivity contribution in [3.63, 3.8) is 0 Å². The molecule has 22 heavy (non-hydrogen) atoms. The van der Waals surface area contributed by atoms with Gasteiger partial charge in [0.25, 0.3) is 0 Å². The summed E-state index contributed by atoms with van der Waals surface area (Å²) < 4.78 is 2.25. The van der Waals surface area contributed by atoms with Crippen LogP contribution in [0.5, 0.6) is 0 Å². The summed E-state index contributed by atoms with van der Waals surface area (Å²) in [6.45, 7) is 2.17. The Hall–Kier alpha value is -2.68. The molecule has 4 rings (SSSR count). The molecule has 1 aromatic carbocycles. The number of fused-ring (bicyclic) bond motifs is 1. The third kappa shape index (κ3) is 2.15. The summed E-state index contributed by atoms with van der Waals surface area (Å²) in [4.78, 5) is 9.18. The van der Waals surface area contributed by atoms with E-state index in [-0.39, 0.29) is 0 Å². The molecular formula is C19H17N3. The van der Waals surface area contributed by atoms with Gasteiger partial charge in [-0.15, -0.1) is 0 Å². The lowest BCUT2D eigenvalue weighted by Gasteiger charge is -2.14. The van der Waals surface area contributed by atoms with Gasteiger partial charge in [-0.1, -0.05) is 35.9 Å². The van der Waals surface area contributed by atoms with E-state index in [1.165, 1.54) is 11.3 Å². The van der Waals surface area contributed by atoms with Gasteiger partial charge in [-0.2, -0.15) is 0 Å². The van der Waals surface area contributed by atoms with E-state index < -0.39 is 0 Å². The van der Waals surface area contributed by atoms with Crippen LogP contribution in [-0.2, 0) is 6.42 Å². The fourth-order valence-electron chi connectivity index (χ4n) is 2.99. The monoisotopic (exact) mass is 287 g/mol. The van der Waals surface area contributed by atoms with Crippen LogP contribution in [0.4, 0.5) is 0 Å². The molecular weight excluding hydrogens is 270 g/mol. The van der Waals surface area contributed by atoms with Gasteiger partial charge >= 0.3 is 0 Å². The van der Waals surface area contributed by atoms with Crippen LogP contribution < -0.4 is 0 Å². The van der Waals surface area contributed by atoms with Gasteiger partial charge in [0.05, 0.1) is 23.3 Å². The Balaban J connectivity index is 1.99. The second-order valence-corrected chi connectivity index (χ2v) is 5.67. The van der Waals surface area contributed by atoms with E-state index in [4.69, 9.17) is 4.98 Å². The smallest absolute Gasteiger partial charge is 0.145 e. The zero-order valence-corrected chi connectivity index (χ0v) is 12.5. The van der Waals surface area contributed by atoms with Crippen LogP contribution in [-0.4, -0.2) is 14.5 Å². The van der Waals surface area contributed by atoms with Crippen molar-refractivity contribution in [3.8, 4) is 17.1 Å². The van der Waals surface area contributed by atoms with Crippen LogP contribution in [0.15, 0.2) is 60.4 Å². The molecule has 2 heterocycles. The number of aromatic nitrogens is 3. The van der Waals surface area contributed by atoms with Gasteiger partial charge in [0, 0.05) is 11.8 Å². The number of nitrogens with zero attached hydrogens (tertiary/aromatic N) is 3. The molecule has 0 bridgehead atoms. The Labute approximate surface area is 130 Å². The average Bonchev–Trinajstić information content (AvgIpc) is 2.95. The lowest BCUT2D eigenvalue weighted by molar-refractivity contribution is 0.846. The summed E-state index contributed by atoms with van der Waals surface area (Å²) in [5, 5.41) is 0. The normalized spacial score (nSPS) is 13.6. The van der Waals surface area contributed by atoms with E-state index in [0.717, 1.165) is 35.6 Å². The predicted octanol–water partition coefficient (Wildman–Crippen LogP) is 4.28. The van der Waals surface area contributed by atoms with E-state index in [0.29, 0.717) is 0 Å². The van der Waals surface area contributed by atoms with Crippen molar-refractivity contribution in [1.82, 2.24) is 14.5 Å². The summed E-state index contributed by atoms with van der Waals surface area (Å²) in [6, 6.07) is 14.4. The van der Waals surface area contributed by atoms with Crippen molar-refractivity contribution < 1.29 is 0 Å². The Kier molecular flexibility index (Phi) is 3.11.